The number of nitrogens with zero attached hydrogens (tertiary/aromatic N) is 2. The third-order valence-electron chi connectivity index (χ3n) is 3.84. The van der Waals surface area contributed by atoms with Gasteiger partial charge < -0.3 is 10.3 Å². The summed E-state index contributed by atoms with van der Waals surface area (Å²) in [5.41, 5.74) is 9.46. The highest BCUT2D eigenvalue weighted by Gasteiger charge is 2.11. The summed E-state index contributed by atoms with van der Waals surface area (Å²) in [7, 11) is 2.03. The lowest BCUT2D eigenvalue weighted by Crippen LogP contribution is -2.12. The van der Waals surface area contributed by atoms with E-state index in [1.807, 2.05) is 43.4 Å². The zero-order chi connectivity index (χ0) is 14.8. The molecule has 0 aliphatic rings. The van der Waals surface area contributed by atoms with Gasteiger partial charge in [-0.05, 0) is 30.2 Å². The summed E-state index contributed by atoms with van der Waals surface area (Å²) in [4.78, 5) is 4.66. The highest BCUT2D eigenvalue weighted by molar-refractivity contribution is 6.31. The van der Waals surface area contributed by atoms with Crippen LogP contribution < -0.4 is 5.73 Å². The van der Waals surface area contributed by atoms with Crippen molar-refractivity contribution in [3.63, 3.8) is 0 Å². The minimum atomic E-state index is 0.0367. The Balaban J connectivity index is 1.78. The Morgan fingerprint density at radius 2 is 1.95 bits per heavy atom. The predicted octanol–water partition coefficient (Wildman–Crippen LogP) is 3.86. The molecule has 4 heteroatoms. The lowest BCUT2D eigenvalue weighted by atomic mass is 10.0. The first-order chi connectivity index (χ1) is 10.1. The molecule has 0 aliphatic heterocycles. The monoisotopic (exact) mass is 299 g/mol. The van der Waals surface area contributed by atoms with E-state index < -0.39 is 0 Å². The molecule has 2 aromatic carbocycles. The lowest BCUT2D eigenvalue weighted by molar-refractivity contribution is 0.623. The van der Waals surface area contributed by atoms with E-state index in [1.165, 1.54) is 5.56 Å². The first-order valence-corrected chi connectivity index (χ1v) is 7.44. The molecule has 1 aromatic heterocycles. The van der Waals surface area contributed by atoms with Crippen LogP contribution in [0.2, 0.25) is 5.02 Å². The van der Waals surface area contributed by atoms with E-state index in [4.69, 9.17) is 17.3 Å². The van der Waals surface area contributed by atoms with Crippen molar-refractivity contribution in [2.75, 3.05) is 0 Å². The van der Waals surface area contributed by atoms with E-state index in [2.05, 4.69) is 21.7 Å². The SMILES string of the molecule is Cn1c(CCC(N)c2ccccc2)nc2cc(Cl)ccc21. The molecule has 0 amide bonds. The van der Waals surface area contributed by atoms with Gasteiger partial charge in [-0.25, -0.2) is 4.98 Å². The molecule has 108 valence electrons. The number of rotatable bonds is 4. The fourth-order valence-electron chi connectivity index (χ4n) is 2.60. The third-order valence-corrected chi connectivity index (χ3v) is 4.08. The average Bonchev–Trinajstić information content (AvgIpc) is 2.81. The molecule has 1 heterocycles. The normalized spacial score (nSPS) is 12.7. The van der Waals surface area contributed by atoms with E-state index in [0.29, 0.717) is 5.02 Å². The molecule has 1 atom stereocenters. The largest absolute Gasteiger partial charge is 0.331 e. The van der Waals surface area contributed by atoms with Gasteiger partial charge in [0.05, 0.1) is 11.0 Å². The van der Waals surface area contributed by atoms with Crippen molar-refractivity contribution in [3.05, 3.63) is 64.9 Å². The summed E-state index contributed by atoms with van der Waals surface area (Å²) in [6, 6.07) is 16.0. The van der Waals surface area contributed by atoms with Crippen LogP contribution in [0.5, 0.6) is 0 Å². The Morgan fingerprint density at radius 1 is 1.19 bits per heavy atom. The number of benzene rings is 2. The second-order valence-electron chi connectivity index (χ2n) is 5.28. The summed E-state index contributed by atoms with van der Waals surface area (Å²) in [6.07, 6.45) is 1.72. The summed E-state index contributed by atoms with van der Waals surface area (Å²) >= 11 is 6.02. The van der Waals surface area contributed by atoms with Crippen LogP contribution in [0.15, 0.2) is 48.5 Å². The molecule has 0 radical (unpaired) electrons. The van der Waals surface area contributed by atoms with Crippen molar-refractivity contribution in [1.82, 2.24) is 9.55 Å². The van der Waals surface area contributed by atoms with Crippen LogP contribution in [0.3, 0.4) is 0 Å². The van der Waals surface area contributed by atoms with Crippen molar-refractivity contribution >= 4 is 22.6 Å². The molecule has 0 fully saturated rings. The zero-order valence-electron chi connectivity index (χ0n) is 12.0. The van der Waals surface area contributed by atoms with Gasteiger partial charge in [-0.2, -0.15) is 0 Å². The molecule has 0 bridgehead atoms. The molecule has 0 saturated carbocycles. The molecular formula is C17H18ClN3. The predicted molar refractivity (Wildman–Crippen MR) is 87.4 cm³/mol. The quantitative estimate of drug-likeness (QED) is 0.795. The zero-order valence-corrected chi connectivity index (χ0v) is 12.7. The van der Waals surface area contributed by atoms with Gasteiger partial charge in [0, 0.05) is 24.5 Å². The Kier molecular flexibility index (Phi) is 3.95. The van der Waals surface area contributed by atoms with Gasteiger partial charge in [-0.1, -0.05) is 41.9 Å². The van der Waals surface area contributed by atoms with Gasteiger partial charge >= 0.3 is 0 Å². The van der Waals surface area contributed by atoms with Gasteiger partial charge in [0.15, 0.2) is 0 Å². The average molecular weight is 300 g/mol. The van der Waals surface area contributed by atoms with Gasteiger partial charge in [0.1, 0.15) is 5.82 Å². The smallest absolute Gasteiger partial charge is 0.109 e. The van der Waals surface area contributed by atoms with Crippen molar-refractivity contribution in [2.24, 2.45) is 12.8 Å². The van der Waals surface area contributed by atoms with Crippen LogP contribution in [0.4, 0.5) is 0 Å². The number of imidazole rings is 1. The van der Waals surface area contributed by atoms with E-state index >= 15 is 0 Å². The fraction of sp³-hybridized carbons (Fsp3) is 0.235. The Morgan fingerprint density at radius 3 is 2.71 bits per heavy atom. The summed E-state index contributed by atoms with van der Waals surface area (Å²) in [6.45, 7) is 0. The van der Waals surface area contributed by atoms with Crippen molar-refractivity contribution < 1.29 is 0 Å². The Labute approximate surface area is 129 Å². The molecular weight excluding hydrogens is 282 g/mol. The first kappa shape index (κ1) is 14.1. The molecule has 21 heavy (non-hydrogen) atoms. The Bertz CT molecular complexity index is 749. The lowest BCUT2D eigenvalue weighted by Gasteiger charge is -2.11. The number of aromatic nitrogens is 2. The number of aryl methyl sites for hydroxylation is 2. The molecule has 1 unspecified atom stereocenters. The van der Waals surface area contributed by atoms with E-state index in [1.54, 1.807) is 0 Å². The molecule has 3 aromatic rings. The summed E-state index contributed by atoms with van der Waals surface area (Å²) < 4.78 is 2.11. The minimum absolute atomic E-state index is 0.0367. The van der Waals surface area contributed by atoms with Crippen LogP contribution in [0, 0.1) is 0 Å². The van der Waals surface area contributed by atoms with Crippen molar-refractivity contribution in [3.8, 4) is 0 Å². The van der Waals surface area contributed by atoms with Crippen molar-refractivity contribution in [2.45, 2.75) is 18.9 Å². The first-order valence-electron chi connectivity index (χ1n) is 7.06. The van der Waals surface area contributed by atoms with E-state index in [-0.39, 0.29) is 6.04 Å². The molecule has 0 spiro atoms. The van der Waals surface area contributed by atoms with Gasteiger partial charge in [-0.15, -0.1) is 0 Å². The van der Waals surface area contributed by atoms with Gasteiger partial charge in [0.2, 0.25) is 0 Å². The molecule has 0 saturated heterocycles. The minimum Gasteiger partial charge on any atom is -0.331 e. The maximum absolute atomic E-state index is 6.25. The van der Waals surface area contributed by atoms with Crippen LogP contribution in [-0.2, 0) is 13.5 Å². The van der Waals surface area contributed by atoms with Gasteiger partial charge in [0.25, 0.3) is 0 Å². The van der Waals surface area contributed by atoms with Crippen molar-refractivity contribution in [1.29, 1.82) is 0 Å². The van der Waals surface area contributed by atoms with Crippen LogP contribution in [0.1, 0.15) is 23.9 Å². The highest BCUT2D eigenvalue weighted by Crippen LogP contribution is 2.22. The second kappa shape index (κ2) is 5.88. The molecule has 0 aliphatic carbocycles. The molecule has 3 rings (SSSR count). The van der Waals surface area contributed by atoms with Crippen LogP contribution in [-0.4, -0.2) is 9.55 Å². The number of fused-ring (bicyclic) bond motifs is 1. The number of nitrogens with two attached hydrogens (primary N) is 1. The maximum atomic E-state index is 6.25. The third kappa shape index (κ3) is 2.94. The number of hydrogen-bond donors (Lipinski definition) is 1. The highest BCUT2D eigenvalue weighted by atomic mass is 35.5. The number of halogens is 1. The number of hydrogen-bond acceptors (Lipinski definition) is 2. The molecule has 2 N–H and O–H groups in total. The van der Waals surface area contributed by atoms with Crippen LogP contribution >= 0.6 is 11.6 Å². The van der Waals surface area contributed by atoms with E-state index in [9.17, 15) is 0 Å². The molecule has 3 nitrogen and oxygen atoms in total. The van der Waals surface area contributed by atoms with Gasteiger partial charge in [-0.3, -0.25) is 0 Å². The summed E-state index contributed by atoms with van der Waals surface area (Å²) in [5, 5.41) is 0.716. The summed E-state index contributed by atoms with van der Waals surface area (Å²) in [5.74, 6) is 1.04. The van der Waals surface area contributed by atoms with E-state index in [0.717, 1.165) is 29.7 Å². The topological polar surface area (TPSA) is 43.8 Å². The second-order valence-corrected chi connectivity index (χ2v) is 5.71. The Hall–Kier alpha value is -1.84. The maximum Gasteiger partial charge on any atom is 0.109 e. The standard InChI is InChI=1S/C17H18ClN3/c1-21-16-9-7-13(18)11-15(16)20-17(21)10-8-14(19)12-5-3-2-4-6-12/h2-7,9,11,14H,8,10,19H2,1H3. The fourth-order valence-corrected chi connectivity index (χ4v) is 2.76. The van der Waals surface area contributed by atoms with Crippen LogP contribution in [0.25, 0.3) is 11.0 Å².